The van der Waals surface area contributed by atoms with Crippen molar-refractivity contribution >= 4 is 5.69 Å². The van der Waals surface area contributed by atoms with Crippen molar-refractivity contribution in [2.45, 2.75) is 64.8 Å². The number of benzene rings is 1. The van der Waals surface area contributed by atoms with Crippen LogP contribution < -0.4 is 5.32 Å². The Morgan fingerprint density at radius 2 is 1.61 bits per heavy atom. The van der Waals surface area contributed by atoms with Crippen molar-refractivity contribution in [3.05, 3.63) is 23.3 Å². The predicted molar refractivity (Wildman–Crippen MR) is 77.3 cm³/mol. The summed E-state index contributed by atoms with van der Waals surface area (Å²) in [6.07, 6.45) is 9.31. The number of aryl methyl sites for hydroxylation is 1. The van der Waals surface area contributed by atoms with Gasteiger partial charge in [0, 0.05) is 17.3 Å². The van der Waals surface area contributed by atoms with Gasteiger partial charge in [0.1, 0.15) is 5.75 Å². The molecule has 1 saturated carbocycles. The Bertz CT molecular complexity index is 392. The van der Waals surface area contributed by atoms with Crippen molar-refractivity contribution in [2.24, 2.45) is 0 Å². The van der Waals surface area contributed by atoms with Crippen LogP contribution in [0.3, 0.4) is 0 Å². The first-order valence-corrected chi connectivity index (χ1v) is 7.24. The molecule has 2 N–H and O–H groups in total. The normalized spacial score (nSPS) is 18.1. The summed E-state index contributed by atoms with van der Waals surface area (Å²) in [4.78, 5) is 0. The molecule has 1 aliphatic rings. The summed E-state index contributed by atoms with van der Waals surface area (Å²) in [7, 11) is 0. The zero-order valence-electron chi connectivity index (χ0n) is 11.6. The minimum atomic E-state index is 0.436. The lowest BCUT2D eigenvalue weighted by atomic mass is 9.96. The maximum Gasteiger partial charge on any atom is 0.123 e. The molecule has 1 aromatic carbocycles. The van der Waals surface area contributed by atoms with Crippen molar-refractivity contribution in [1.29, 1.82) is 0 Å². The Morgan fingerprint density at radius 1 is 1.00 bits per heavy atom. The van der Waals surface area contributed by atoms with Gasteiger partial charge in [-0.1, -0.05) is 38.2 Å². The van der Waals surface area contributed by atoms with Gasteiger partial charge >= 0.3 is 0 Å². The van der Waals surface area contributed by atoms with E-state index < -0.39 is 0 Å². The highest BCUT2D eigenvalue weighted by molar-refractivity contribution is 5.59. The van der Waals surface area contributed by atoms with Gasteiger partial charge in [-0.3, -0.25) is 0 Å². The quantitative estimate of drug-likeness (QED) is 0.804. The lowest BCUT2D eigenvalue weighted by Crippen LogP contribution is -2.21. The standard InChI is InChI=1S/C16H25NO/c1-12-10-11-15(13(2)16(12)18)17-14-8-6-4-3-5-7-9-14/h10-11,14,17-18H,3-9H2,1-2H3. The summed E-state index contributed by atoms with van der Waals surface area (Å²) in [6.45, 7) is 3.94. The lowest BCUT2D eigenvalue weighted by molar-refractivity contribution is 0.463. The molecule has 1 aromatic rings. The molecule has 0 radical (unpaired) electrons. The van der Waals surface area contributed by atoms with E-state index in [1.54, 1.807) is 0 Å². The summed E-state index contributed by atoms with van der Waals surface area (Å²) in [5.74, 6) is 0.436. The Kier molecular flexibility index (Phi) is 4.51. The van der Waals surface area contributed by atoms with Gasteiger partial charge < -0.3 is 10.4 Å². The zero-order chi connectivity index (χ0) is 13.0. The Hall–Kier alpha value is -1.18. The van der Waals surface area contributed by atoms with Crippen molar-refractivity contribution in [2.75, 3.05) is 5.32 Å². The fourth-order valence-electron chi connectivity index (χ4n) is 2.81. The molecule has 0 saturated heterocycles. The highest BCUT2D eigenvalue weighted by atomic mass is 16.3. The number of phenolic OH excluding ortho intramolecular Hbond substituents is 1. The van der Waals surface area contributed by atoms with Crippen LogP contribution >= 0.6 is 0 Å². The molecule has 2 nitrogen and oxygen atoms in total. The molecule has 100 valence electrons. The first-order valence-electron chi connectivity index (χ1n) is 7.24. The first kappa shape index (κ1) is 13.3. The third kappa shape index (κ3) is 3.18. The van der Waals surface area contributed by atoms with E-state index in [2.05, 4.69) is 11.4 Å². The van der Waals surface area contributed by atoms with Gasteiger partial charge in [-0.25, -0.2) is 0 Å². The van der Waals surface area contributed by atoms with E-state index in [-0.39, 0.29) is 0 Å². The van der Waals surface area contributed by atoms with Crippen LogP contribution in [-0.2, 0) is 0 Å². The number of hydrogen-bond donors (Lipinski definition) is 2. The van der Waals surface area contributed by atoms with Crippen molar-refractivity contribution in [3.8, 4) is 5.75 Å². The highest BCUT2D eigenvalue weighted by Crippen LogP contribution is 2.30. The number of phenols is 1. The fourth-order valence-corrected chi connectivity index (χ4v) is 2.81. The minimum Gasteiger partial charge on any atom is -0.507 e. The van der Waals surface area contributed by atoms with Crippen LogP contribution in [0.5, 0.6) is 5.75 Å². The molecule has 1 fully saturated rings. The lowest BCUT2D eigenvalue weighted by Gasteiger charge is -2.23. The van der Waals surface area contributed by atoms with Crippen LogP contribution in [0, 0.1) is 13.8 Å². The molecule has 0 atom stereocenters. The van der Waals surface area contributed by atoms with Crippen LogP contribution in [-0.4, -0.2) is 11.1 Å². The molecule has 0 unspecified atom stereocenters. The molecule has 1 aliphatic carbocycles. The van der Waals surface area contributed by atoms with E-state index in [0.29, 0.717) is 11.8 Å². The smallest absolute Gasteiger partial charge is 0.123 e. The van der Waals surface area contributed by atoms with Crippen molar-refractivity contribution < 1.29 is 5.11 Å². The van der Waals surface area contributed by atoms with E-state index in [1.165, 1.54) is 44.9 Å². The number of rotatable bonds is 2. The minimum absolute atomic E-state index is 0.436. The SMILES string of the molecule is Cc1ccc(NC2CCCCCCC2)c(C)c1O. The summed E-state index contributed by atoms with van der Waals surface area (Å²) >= 11 is 0. The van der Waals surface area contributed by atoms with Gasteiger partial charge in [-0.05, 0) is 38.3 Å². The second-order valence-corrected chi connectivity index (χ2v) is 5.59. The van der Waals surface area contributed by atoms with E-state index in [0.717, 1.165) is 16.8 Å². The monoisotopic (exact) mass is 247 g/mol. The van der Waals surface area contributed by atoms with Gasteiger partial charge in [0.2, 0.25) is 0 Å². The van der Waals surface area contributed by atoms with Crippen LogP contribution in [0.15, 0.2) is 12.1 Å². The van der Waals surface area contributed by atoms with Crippen LogP contribution in [0.25, 0.3) is 0 Å². The van der Waals surface area contributed by atoms with E-state index in [9.17, 15) is 5.11 Å². The number of hydrogen-bond acceptors (Lipinski definition) is 2. The zero-order valence-corrected chi connectivity index (χ0v) is 11.6. The Balaban J connectivity index is 2.05. The highest BCUT2D eigenvalue weighted by Gasteiger charge is 2.13. The van der Waals surface area contributed by atoms with Gasteiger partial charge in [0.15, 0.2) is 0 Å². The van der Waals surface area contributed by atoms with E-state index >= 15 is 0 Å². The van der Waals surface area contributed by atoms with Gasteiger partial charge in [-0.2, -0.15) is 0 Å². The van der Waals surface area contributed by atoms with Crippen LogP contribution in [0.2, 0.25) is 0 Å². The van der Waals surface area contributed by atoms with Gasteiger partial charge in [0.25, 0.3) is 0 Å². The number of aromatic hydroxyl groups is 1. The van der Waals surface area contributed by atoms with Crippen molar-refractivity contribution in [3.63, 3.8) is 0 Å². The van der Waals surface area contributed by atoms with Gasteiger partial charge in [-0.15, -0.1) is 0 Å². The molecule has 0 spiro atoms. The molecule has 18 heavy (non-hydrogen) atoms. The molecule has 0 amide bonds. The summed E-state index contributed by atoms with van der Waals surface area (Å²) in [6, 6.07) is 4.67. The molecular weight excluding hydrogens is 222 g/mol. The average Bonchev–Trinajstić information content (AvgIpc) is 2.32. The maximum absolute atomic E-state index is 9.98. The molecule has 2 rings (SSSR count). The summed E-state index contributed by atoms with van der Waals surface area (Å²) in [5.41, 5.74) is 3.04. The largest absolute Gasteiger partial charge is 0.507 e. The van der Waals surface area contributed by atoms with Crippen molar-refractivity contribution in [1.82, 2.24) is 0 Å². The molecule has 0 aromatic heterocycles. The second kappa shape index (κ2) is 6.12. The Labute approximate surface area is 110 Å². The molecular formula is C16H25NO. The topological polar surface area (TPSA) is 32.3 Å². The van der Waals surface area contributed by atoms with E-state index in [4.69, 9.17) is 0 Å². The number of nitrogens with one attached hydrogen (secondary N) is 1. The fraction of sp³-hybridized carbons (Fsp3) is 0.625. The Morgan fingerprint density at radius 3 is 2.28 bits per heavy atom. The third-order valence-electron chi connectivity index (χ3n) is 4.10. The van der Waals surface area contributed by atoms with Crippen LogP contribution in [0.1, 0.15) is 56.1 Å². The predicted octanol–water partition coefficient (Wildman–Crippen LogP) is 4.53. The summed E-state index contributed by atoms with van der Waals surface area (Å²) < 4.78 is 0. The molecule has 0 aliphatic heterocycles. The van der Waals surface area contributed by atoms with E-state index in [1.807, 2.05) is 19.9 Å². The number of anilines is 1. The second-order valence-electron chi connectivity index (χ2n) is 5.59. The first-order chi connectivity index (χ1) is 8.68. The molecule has 0 bridgehead atoms. The van der Waals surface area contributed by atoms with Gasteiger partial charge in [0.05, 0.1) is 0 Å². The molecule has 2 heteroatoms. The third-order valence-corrected chi connectivity index (χ3v) is 4.10. The van der Waals surface area contributed by atoms with Crippen LogP contribution in [0.4, 0.5) is 5.69 Å². The average molecular weight is 247 g/mol. The summed E-state index contributed by atoms with van der Waals surface area (Å²) in [5, 5.41) is 13.6. The maximum atomic E-state index is 9.98. The molecule has 0 heterocycles.